The molecule has 0 fully saturated rings. The van der Waals surface area contributed by atoms with Crippen LogP contribution in [0.15, 0.2) is 77.4 Å². The highest BCUT2D eigenvalue weighted by atomic mass is 16.5. The standard InChI is InChI=1S/C23H22N2O2/c24-14-20-22(19-8-4-5-9-21(19)27-23(20)25)17-10-12-18(13-11-17)26-15-16-6-2-1-3-7-16/h1-3,6-7,10-13,22H,4-5,8-9,15,25H2/t22-/m0/s1. The van der Waals surface area contributed by atoms with Crippen LogP contribution < -0.4 is 10.5 Å². The molecule has 2 aliphatic rings. The van der Waals surface area contributed by atoms with Crippen LogP contribution in [0.25, 0.3) is 0 Å². The van der Waals surface area contributed by atoms with Crippen LogP contribution in [0.4, 0.5) is 0 Å². The molecule has 1 heterocycles. The van der Waals surface area contributed by atoms with Gasteiger partial charge in [0.25, 0.3) is 0 Å². The topological polar surface area (TPSA) is 68.3 Å². The van der Waals surface area contributed by atoms with Crippen LogP contribution in [0.5, 0.6) is 5.75 Å². The third-order valence-electron chi connectivity index (χ3n) is 5.18. The lowest BCUT2D eigenvalue weighted by Crippen LogP contribution is -2.22. The molecule has 1 aliphatic carbocycles. The lowest BCUT2D eigenvalue weighted by atomic mass is 9.78. The molecule has 0 unspecified atom stereocenters. The van der Waals surface area contributed by atoms with E-state index >= 15 is 0 Å². The van der Waals surface area contributed by atoms with Gasteiger partial charge in [-0.3, -0.25) is 0 Å². The minimum atomic E-state index is -0.109. The summed E-state index contributed by atoms with van der Waals surface area (Å²) in [6.45, 7) is 0.531. The second-order valence-electron chi connectivity index (χ2n) is 6.92. The van der Waals surface area contributed by atoms with Gasteiger partial charge in [0.2, 0.25) is 5.88 Å². The average molecular weight is 358 g/mol. The lowest BCUT2D eigenvalue weighted by molar-refractivity contribution is 0.251. The second-order valence-corrected chi connectivity index (χ2v) is 6.92. The van der Waals surface area contributed by atoms with E-state index in [9.17, 15) is 5.26 Å². The van der Waals surface area contributed by atoms with Gasteiger partial charge in [-0.25, -0.2) is 0 Å². The number of allylic oxidation sites excluding steroid dienone is 3. The van der Waals surface area contributed by atoms with Gasteiger partial charge in [0.15, 0.2) is 0 Å². The molecule has 0 radical (unpaired) electrons. The van der Waals surface area contributed by atoms with E-state index in [1.165, 1.54) is 5.57 Å². The van der Waals surface area contributed by atoms with Crippen molar-refractivity contribution in [2.75, 3.05) is 0 Å². The van der Waals surface area contributed by atoms with Crippen molar-refractivity contribution in [1.82, 2.24) is 0 Å². The van der Waals surface area contributed by atoms with Crippen LogP contribution in [0.1, 0.15) is 42.7 Å². The Hall–Kier alpha value is -3.19. The van der Waals surface area contributed by atoms with Gasteiger partial charge in [-0.1, -0.05) is 42.5 Å². The zero-order valence-electron chi connectivity index (χ0n) is 15.2. The summed E-state index contributed by atoms with van der Waals surface area (Å²) in [4.78, 5) is 0. The number of nitriles is 1. The van der Waals surface area contributed by atoms with E-state index in [1.54, 1.807) is 0 Å². The first-order chi connectivity index (χ1) is 13.3. The summed E-state index contributed by atoms with van der Waals surface area (Å²) in [5, 5.41) is 9.63. The van der Waals surface area contributed by atoms with Gasteiger partial charge in [0, 0.05) is 12.3 Å². The molecule has 2 N–H and O–H groups in total. The number of hydrogen-bond donors (Lipinski definition) is 1. The van der Waals surface area contributed by atoms with E-state index in [0.29, 0.717) is 12.2 Å². The quantitative estimate of drug-likeness (QED) is 0.844. The summed E-state index contributed by atoms with van der Waals surface area (Å²) < 4.78 is 11.6. The van der Waals surface area contributed by atoms with E-state index in [1.807, 2.05) is 54.6 Å². The van der Waals surface area contributed by atoms with Crippen LogP contribution in [0.2, 0.25) is 0 Å². The zero-order chi connectivity index (χ0) is 18.6. The highest BCUT2D eigenvalue weighted by Gasteiger charge is 2.33. The Labute approximate surface area is 159 Å². The predicted molar refractivity (Wildman–Crippen MR) is 103 cm³/mol. The predicted octanol–water partition coefficient (Wildman–Crippen LogP) is 4.90. The molecule has 4 rings (SSSR count). The van der Waals surface area contributed by atoms with Crippen LogP contribution in [-0.4, -0.2) is 0 Å². The molecule has 1 atom stereocenters. The summed E-state index contributed by atoms with van der Waals surface area (Å²) in [5.41, 5.74) is 9.93. The lowest BCUT2D eigenvalue weighted by Gasteiger charge is -2.32. The molecule has 0 saturated heterocycles. The Bertz CT molecular complexity index is 921. The molecule has 4 nitrogen and oxygen atoms in total. The first-order valence-corrected chi connectivity index (χ1v) is 9.32. The Balaban J connectivity index is 1.57. The Morgan fingerprint density at radius 2 is 1.78 bits per heavy atom. The zero-order valence-corrected chi connectivity index (χ0v) is 15.2. The Kier molecular flexibility index (Phi) is 4.84. The maximum atomic E-state index is 9.63. The van der Waals surface area contributed by atoms with E-state index in [-0.39, 0.29) is 11.8 Å². The van der Waals surface area contributed by atoms with Crippen LogP contribution in [0, 0.1) is 11.3 Å². The normalized spacial score (nSPS) is 19.1. The van der Waals surface area contributed by atoms with Gasteiger partial charge in [-0.05, 0) is 48.1 Å². The third-order valence-corrected chi connectivity index (χ3v) is 5.18. The molecule has 2 aromatic carbocycles. The summed E-state index contributed by atoms with van der Waals surface area (Å²) in [6, 6.07) is 20.3. The van der Waals surface area contributed by atoms with Crippen molar-refractivity contribution in [3.05, 3.63) is 88.5 Å². The molecule has 0 aromatic heterocycles. The van der Waals surface area contributed by atoms with Gasteiger partial charge in [0.1, 0.15) is 29.8 Å². The first kappa shape index (κ1) is 17.2. The fourth-order valence-corrected chi connectivity index (χ4v) is 3.81. The summed E-state index contributed by atoms with van der Waals surface area (Å²) >= 11 is 0. The summed E-state index contributed by atoms with van der Waals surface area (Å²) in [7, 11) is 0. The maximum absolute atomic E-state index is 9.63. The van der Waals surface area contributed by atoms with Gasteiger partial charge in [0.05, 0.1) is 0 Å². The van der Waals surface area contributed by atoms with Crippen molar-refractivity contribution in [1.29, 1.82) is 5.26 Å². The number of rotatable bonds is 4. The van der Waals surface area contributed by atoms with Gasteiger partial charge < -0.3 is 15.2 Å². The average Bonchev–Trinajstić information content (AvgIpc) is 2.72. The van der Waals surface area contributed by atoms with Gasteiger partial charge >= 0.3 is 0 Å². The maximum Gasteiger partial charge on any atom is 0.205 e. The van der Waals surface area contributed by atoms with Crippen molar-refractivity contribution >= 4 is 0 Å². The Morgan fingerprint density at radius 3 is 2.52 bits per heavy atom. The second kappa shape index (κ2) is 7.59. The summed E-state index contributed by atoms with van der Waals surface area (Å²) in [6.07, 6.45) is 4.07. The molecule has 1 aliphatic heterocycles. The van der Waals surface area contributed by atoms with Crippen molar-refractivity contribution in [2.45, 2.75) is 38.2 Å². The smallest absolute Gasteiger partial charge is 0.205 e. The molecule has 27 heavy (non-hydrogen) atoms. The highest BCUT2D eigenvalue weighted by molar-refractivity contribution is 5.50. The molecule has 0 bridgehead atoms. The molecule has 0 saturated carbocycles. The SMILES string of the molecule is N#CC1=C(N)OC2=C(CCCC2)[C@@H]1c1ccc(OCc2ccccc2)cc1. The van der Waals surface area contributed by atoms with E-state index in [2.05, 4.69) is 6.07 Å². The van der Waals surface area contributed by atoms with Crippen molar-refractivity contribution in [3.63, 3.8) is 0 Å². The number of benzene rings is 2. The fraction of sp³-hybridized carbons (Fsp3) is 0.261. The van der Waals surface area contributed by atoms with Crippen molar-refractivity contribution < 1.29 is 9.47 Å². The Morgan fingerprint density at radius 1 is 1.04 bits per heavy atom. The number of nitrogens with two attached hydrogens (primary N) is 1. The van der Waals surface area contributed by atoms with Crippen LogP contribution in [0.3, 0.4) is 0 Å². The van der Waals surface area contributed by atoms with Gasteiger partial charge in [-0.15, -0.1) is 0 Å². The van der Waals surface area contributed by atoms with E-state index in [4.69, 9.17) is 15.2 Å². The van der Waals surface area contributed by atoms with E-state index in [0.717, 1.165) is 48.3 Å². The molecule has 2 aromatic rings. The fourth-order valence-electron chi connectivity index (χ4n) is 3.81. The molecular formula is C23H22N2O2. The minimum Gasteiger partial charge on any atom is -0.489 e. The number of ether oxygens (including phenoxy) is 2. The number of hydrogen-bond acceptors (Lipinski definition) is 4. The first-order valence-electron chi connectivity index (χ1n) is 9.32. The molecule has 0 amide bonds. The van der Waals surface area contributed by atoms with Crippen molar-refractivity contribution in [2.24, 2.45) is 5.73 Å². The largest absolute Gasteiger partial charge is 0.489 e. The van der Waals surface area contributed by atoms with Crippen LogP contribution in [-0.2, 0) is 11.3 Å². The molecule has 4 heteroatoms. The monoisotopic (exact) mass is 358 g/mol. The van der Waals surface area contributed by atoms with Crippen LogP contribution >= 0.6 is 0 Å². The molecule has 136 valence electrons. The van der Waals surface area contributed by atoms with Gasteiger partial charge in [-0.2, -0.15) is 5.26 Å². The minimum absolute atomic E-state index is 0.109. The van der Waals surface area contributed by atoms with E-state index < -0.39 is 0 Å². The number of nitrogens with zero attached hydrogens (tertiary/aromatic N) is 1. The molecule has 0 spiro atoms. The van der Waals surface area contributed by atoms with Crippen molar-refractivity contribution in [3.8, 4) is 11.8 Å². The summed E-state index contributed by atoms with van der Waals surface area (Å²) in [5.74, 6) is 1.89. The molecular weight excluding hydrogens is 336 g/mol. The third kappa shape index (κ3) is 3.54. The highest BCUT2D eigenvalue weighted by Crippen LogP contribution is 2.44.